The first-order valence-electron chi connectivity index (χ1n) is 19.6. The predicted molar refractivity (Wildman–Crippen MR) is 225 cm³/mol. The number of nitrogens with zero attached hydrogens (tertiary/aromatic N) is 2. The van der Waals surface area contributed by atoms with E-state index in [4.69, 9.17) is 11.5 Å². The molecular formula is C40H65Cl2N9O6. The molecule has 1 saturated carbocycles. The van der Waals surface area contributed by atoms with E-state index in [1.54, 1.807) is 27.0 Å². The lowest BCUT2D eigenvalue weighted by Crippen LogP contribution is -2.52. The molecule has 5 atom stereocenters. The fraction of sp³-hybridized carbons (Fsp3) is 0.625. The van der Waals surface area contributed by atoms with Crippen LogP contribution in [0.3, 0.4) is 0 Å². The molecule has 0 spiro atoms. The number of nitrogens with two attached hydrogens (primary N) is 2. The zero-order valence-corrected chi connectivity index (χ0v) is 35.6. The summed E-state index contributed by atoms with van der Waals surface area (Å²) in [6.07, 6.45) is 6.48. The number of anilines is 1. The van der Waals surface area contributed by atoms with Crippen LogP contribution in [-0.2, 0) is 36.9 Å². The van der Waals surface area contributed by atoms with Crippen LogP contribution in [0.4, 0.5) is 5.82 Å². The van der Waals surface area contributed by atoms with E-state index >= 15 is 0 Å². The molecule has 17 heteroatoms. The maximum absolute atomic E-state index is 13.3. The van der Waals surface area contributed by atoms with Crippen LogP contribution in [0, 0.1) is 18.8 Å². The quantitative estimate of drug-likeness (QED) is 0.0914. The highest BCUT2D eigenvalue weighted by molar-refractivity contribution is 5.89. The van der Waals surface area contributed by atoms with Crippen molar-refractivity contribution in [3.63, 3.8) is 0 Å². The summed E-state index contributed by atoms with van der Waals surface area (Å²) in [5, 5.41) is 25.5. The van der Waals surface area contributed by atoms with Crippen molar-refractivity contribution in [3.05, 3.63) is 53.5 Å². The average Bonchev–Trinajstić information content (AvgIpc) is 3.12. The van der Waals surface area contributed by atoms with E-state index in [9.17, 15) is 29.1 Å². The minimum atomic E-state index is -1.22. The fourth-order valence-electron chi connectivity index (χ4n) is 6.72. The van der Waals surface area contributed by atoms with Gasteiger partial charge in [-0.3, -0.25) is 24.0 Å². The van der Waals surface area contributed by atoms with Crippen LogP contribution in [0.2, 0.25) is 0 Å². The second-order valence-electron chi connectivity index (χ2n) is 15.7. The smallest absolute Gasteiger partial charge is 0.243 e. The molecule has 10 N–H and O–H groups in total. The Morgan fingerprint density at radius 3 is 2.21 bits per heavy atom. The van der Waals surface area contributed by atoms with E-state index in [-0.39, 0.29) is 87.1 Å². The lowest BCUT2D eigenvalue weighted by atomic mass is 9.83. The molecule has 15 nitrogen and oxygen atoms in total. The Balaban J connectivity index is 0.00000812. The summed E-state index contributed by atoms with van der Waals surface area (Å²) >= 11 is 0. The van der Waals surface area contributed by atoms with Crippen LogP contribution in [0.5, 0.6) is 0 Å². The number of nitrogen functional groups attached to an aromatic ring is 1. The first-order valence-corrected chi connectivity index (χ1v) is 19.6. The fourth-order valence-corrected chi connectivity index (χ4v) is 6.72. The van der Waals surface area contributed by atoms with E-state index in [1.807, 2.05) is 44.2 Å². The highest BCUT2D eigenvalue weighted by Gasteiger charge is 2.31. The second-order valence-corrected chi connectivity index (χ2v) is 15.7. The van der Waals surface area contributed by atoms with Gasteiger partial charge in [-0.25, -0.2) is 9.97 Å². The maximum atomic E-state index is 13.3. The molecule has 57 heavy (non-hydrogen) atoms. The van der Waals surface area contributed by atoms with Crippen molar-refractivity contribution in [1.29, 1.82) is 0 Å². The molecule has 0 bridgehead atoms. The van der Waals surface area contributed by atoms with Crippen molar-refractivity contribution in [3.8, 4) is 0 Å². The highest BCUT2D eigenvalue weighted by atomic mass is 35.5. The monoisotopic (exact) mass is 837 g/mol. The van der Waals surface area contributed by atoms with Crippen molar-refractivity contribution >= 4 is 60.2 Å². The molecular weight excluding hydrogens is 773 g/mol. The van der Waals surface area contributed by atoms with Gasteiger partial charge in [0.15, 0.2) is 0 Å². The molecule has 0 unspecified atom stereocenters. The van der Waals surface area contributed by atoms with Gasteiger partial charge in [0.1, 0.15) is 23.7 Å². The van der Waals surface area contributed by atoms with Crippen LogP contribution in [0.25, 0.3) is 0 Å². The SMILES string of the molecule is CC[C@H](C)[C@H](NC(=O)C[C@H](O)[C@H](CC1CCCCC1)NC(=O)CCNC(=O)[C@@H](Cc1ccccc1)NC(=O)CC(C)(C)N)C(=O)NCc1cnc(C)nc1N.Cl.Cl. The van der Waals surface area contributed by atoms with Gasteiger partial charge in [-0.1, -0.05) is 82.7 Å². The number of hydrogen-bond acceptors (Lipinski definition) is 10. The minimum Gasteiger partial charge on any atom is -0.390 e. The average molecular weight is 839 g/mol. The van der Waals surface area contributed by atoms with E-state index in [2.05, 4.69) is 36.6 Å². The van der Waals surface area contributed by atoms with Crippen molar-refractivity contribution in [1.82, 2.24) is 36.6 Å². The third kappa shape index (κ3) is 18.8. The van der Waals surface area contributed by atoms with Crippen LogP contribution in [0.15, 0.2) is 36.5 Å². The lowest BCUT2D eigenvalue weighted by molar-refractivity contribution is -0.132. The molecule has 1 aromatic heterocycles. The molecule has 2 aromatic rings. The van der Waals surface area contributed by atoms with Gasteiger partial charge < -0.3 is 43.2 Å². The summed E-state index contributed by atoms with van der Waals surface area (Å²) in [6, 6.07) is 6.82. The first kappa shape index (κ1) is 51.0. The number of aromatic nitrogens is 2. The van der Waals surface area contributed by atoms with E-state index in [1.165, 1.54) is 0 Å². The molecule has 0 radical (unpaired) electrons. The zero-order valence-electron chi connectivity index (χ0n) is 34.0. The zero-order chi connectivity index (χ0) is 40.5. The molecule has 1 aliphatic rings. The van der Waals surface area contributed by atoms with Crippen molar-refractivity contribution in [2.45, 2.75) is 142 Å². The second kappa shape index (κ2) is 25.3. The third-order valence-corrected chi connectivity index (χ3v) is 10.0. The number of aryl methyl sites for hydroxylation is 1. The number of halogens is 2. The van der Waals surface area contributed by atoms with Crippen LogP contribution in [0.1, 0.15) is 109 Å². The number of aliphatic hydroxyl groups excluding tert-OH is 1. The number of aliphatic hydroxyl groups is 1. The highest BCUT2D eigenvalue weighted by Crippen LogP contribution is 2.28. The molecule has 3 rings (SSSR count). The number of amides is 5. The lowest BCUT2D eigenvalue weighted by Gasteiger charge is -2.30. The molecule has 320 valence electrons. The summed E-state index contributed by atoms with van der Waals surface area (Å²) in [6.45, 7) is 9.02. The molecule has 1 aliphatic carbocycles. The van der Waals surface area contributed by atoms with Gasteiger partial charge in [0, 0.05) is 49.7 Å². The number of carbonyl (C=O) groups is 5. The molecule has 1 fully saturated rings. The Hall–Kier alpha value is -4.05. The topological polar surface area (TPSA) is 244 Å². The van der Waals surface area contributed by atoms with Gasteiger partial charge in [0.2, 0.25) is 29.5 Å². The van der Waals surface area contributed by atoms with Gasteiger partial charge in [-0.2, -0.15) is 0 Å². The van der Waals surface area contributed by atoms with Gasteiger partial charge >= 0.3 is 0 Å². The van der Waals surface area contributed by atoms with Crippen molar-refractivity contribution < 1.29 is 29.1 Å². The Morgan fingerprint density at radius 2 is 1.60 bits per heavy atom. The third-order valence-electron chi connectivity index (χ3n) is 10.0. The maximum Gasteiger partial charge on any atom is 0.243 e. The Bertz CT molecular complexity index is 1570. The molecule has 0 aliphatic heterocycles. The van der Waals surface area contributed by atoms with Crippen molar-refractivity contribution in [2.24, 2.45) is 17.6 Å². The summed E-state index contributed by atoms with van der Waals surface area (Å²) in [5.74, 6) is -1.29. The van der Waals surface area contributed by atoms with Gasteiger partial charge in [-0.05, 0) is 44.6 Å². The molecule has 1 aromatic carbocycles. The molecule has 1 heterocycles. The predicted octanol–water partition coefficient (Wildman–Crippen LogP) is 2.93. The Morgan fingerprint density at radius 1 is 0.930 bits per heavy atom. The standard InChI is InChI=1S/C40H63N9O6.2ClH/c1-6-25(2)36(39(55)45-24-29-23-44-26(3)46-37(29)41)49-34(52)21-32(50)30(19-27-13-9-7-10-14-27)47-33(51)17-18-43-38(54)31(20-28-15-11-8-12-16-28)48-35(53)22-40(4,5)42;;/h8,11-12,15-16,23,25,27,30-32,36,50H,6-7,9-10,13-14,17-22,24,42H2,1-5H3,(H,43,54)(H,45,55)(H,47,51)(H,48,53)(H,49,52)(H2,41,44,46);2*1H/t25-,30-,31+,32-,36-;;/m0../s1. The summed E-state index contributed by atoms with van der Waals surface area (Å²) in [4.78, 5) is 74.1. The number of hydrogen-bond donors (Lipinski definition) is 8. The van der Waals surface area contributed by atoms with Gasteiger partial charge in [0.05, 0.1) is 18.6 Å². The summed E-state index contributed by atoms with van der Waals surface area (Å²) < 4.78 is 0. The Labute approximate surface area is 349 Å². The molecule has 0 saturated heterocycles. The first-order chi connectivity index (χ1) is 26.0. The van der Waals surface area contributed by atoms with E-state index in [0.717, 1.165) is 37.7 Å². The van der Waals surface area contributed by atoms with Gasteiger partial charge in [0.25, 0.3) is 0 Å². The number of rotatable bonds is 21. The summed E-state index contributed by atoms with van der Waals surface area (Å²) in [5.41, 5.74) is 12.6. The van der Waals surface area contributed by atoms with E-state index in [0.29, 0.717) is 24.2 Å². The van der Waals surface area contributed by atoms with Crippen molar-refractivity contribution in [2.75, 3.05) is 12.3 Å². The molecule has 5 amide bonds. The number of nitrogens with one attached hydrogen (secondary N) is 5. The summed E-state index contributed by atoms with van der Waals surface area (Å²) in [7, 11) is 0. The largest absolute Gasteiger partial charge is 0.390 e. The normalized spacial score (nSPS) is 15.6. The number of benzene rings is 1. The minimum absolute atomic E-state index is 0. The van der Waals surface area contributed by atoms with Gasteiger partial charge in [-0.15, -0.1) is 24.8 Å². The van der Waals surface area contributed by atoms with E-state index < -0.39 is 53.4 Å². The van der Waals surface area contributed by atoms with Crippen LogP contribution >= 0.6 is 24.8 Å². The number of carbonyl (C=O) groups excluding carboxylic acids is 5. The van der Waals surface area contributed by atoms with Crippen LogP contribution in [-0.4, -0.2) is 80.9 Å². The van der Waals surface area contributed by atoms with Crippen LogP contribution < -0.4 is 38.1 Å². The Kier molecular flexibility index (Phi) is 22.7.